The second-order valence-corrected chi connectivity index (χ2v) is 6.97. The van der Waals surface area contributed by atoms with Crippen molar-refractivity contribution in [1.82, 2.24) is 4.98 Å². The highest BCUT2D eigenvalue weighted by atomic mass is 32.1. The SMILES string of the molecule is O=C(COC(=O)CCc1nc2ccccc2s1)Nc1ccc(OC(F)(F)F)cc1. The number of alkyl halides is 3. The minimum atomic E-state index is -4.79. The second-order valence-electron chi connectivity index (χ2n) is 5.86. The predicted molar refractivity (Wildman–Crippen MR) is 101 cm³/mol. The molecule has 0 aliphatic rings. The molecular formula is C19H15F3N2O4S. The number of fused-ring (bicyclic) bond motifs is 1. The van der Waals surface area contributed by atoms with Crippen LogP contribution in [0.3, 0.4) is 0 Å². The summed E-state index contributed by atoms with van der Waals surface area (Å²) in [6.07, 6.45) is -4.30. The summed E-state index contributed by atoms with van der Waals surface area (Å²) in [5.74, 6) is -1.56. The molecule has 1 amide bonds. The summed E-state index contributed by atoms with van der Waals surface area (Å²) in [5.41, 5.74) is 1.11. The number of thiazole rings is 1. The van der Waals surface area contributed by atoms with Gasteiger partial charge in [0.1, 0.15) is 5.75 Å². The van der Waals surface area contributed by atoms with E-state index >= 15 is 0 Å². The van der Waals surface area contributed by atoms with Crippen LogP contribution < -0.4 is 10.1 Å². The standard InChI is InChI=1S/C19H15F3N2O4S/c20-19(21,22)28-13-7-5-12(6-8-13)23-16(25)11-27-18(26)10-9-17-24-14-3-1-2-4-15(14)29-17/h1-8H,9-11H2,(H,23,25). The van der Waals surface area contributed by atoms with Crippen molar-refractivity contribution in [1.29, 1.82) is 0 Å². The number of ether oxygens (including phenoxy) is 2. The van der Waals surface area contributed by atoms with Crippen LogP contribution in [-0.2, 0) is 20.7 Å². The van der Waals surface area contributed by atoms with Crippen molar-refractivity contribution in [2.45, 2.75) is 19.2 Å². The van der Waals surface area contributed by atoms with Gasteiger partial charge in [-0.1, -0.05) is 12.1 Å². The maximum Gasteiger partial charge on any atom is 0.573 e. The van der Waals surface area contributed by atoms with Gasteiger partial charge in [-0.15, -0.1) is 24.5 Å². The lowest BCUT2D eigenvalue weighted by molar-refractivity contribution is -0.274. The van der Waals surface area contributed by atoms with Gasteiger partial charge in [0.25, 0.3) is 5.91 Å². The van der Waals surface area contributed by atoms with Crippen molar-refractivity contribution in [3.05, 3.63) is 53.5 Å². The van der Waals surface area contributed by atoms with Crippen molar-refractivity contribution in [3.8, 4) is 5.75 Å². The van der Waals surface area contributed by atoms with Crippen molar-refractivity contribution in [2.75, 3.05) is 11.9 Å². The lowest BCUT2D eigenvalue weighted by Crippen LogP contribution is -2.21. The number of aromatic nitrogens is 1. The smallest absolute Gasteiger partial charge is 0.456 e. The van der Waals surface area contributed by atoms with Gasteiger partial charge in [0.15, 0.2) is 6.61 Å². The molecule has 3 aromatic rings. The topological polar surface area (TPSA) is 77.5 Å². The van der Waals surface area contributed by atoms with E-state index in [9.17, 15) is 22.8 Å². The molecule has 6 nitrogen and oxygen atoms in total. The number of amides is 1. The Labute approximate surface area is 167 Å². The fourth-order valence-corrected chi connectivity index (χ4v) is 3.36. The molecule has 0 fully saturated rings. The van der Waals surface area contributed by atoms with Crippen LogP contribution in [0.15, 0.2) is 48.5 Å². The van der Waals surface area contributed by atoms with E-state index in [1.54, 1.807) is 0 Å². The predicted octanol–water partition coefficient (Wildman–Crippen LogP) is 4.31. The van der Waals surface area contributed by atoms with Crippen LogP contribution >= 0.6 is 11.3 Å². The third-order valence-electron chi connectivity index (χ3n) is 3.62. The highest BCUT2D eigenvalue weighted by Gasteiger charge is 2.30. The molecule has 0 atom stereocenters. The fraction of sp³-hybridized carbons (Fsp3) is 0.211. The Hall–Kier alpha value is -3.14. The van der Waals surface area contributed by atoms with E-state index in [2.05, 4.69) is 15.0 Å². The molecule has 1 N–H and O–H groups in total. The molecule has 3 rings (SSSR count). The summed E-state index contributed by atoms with van der Waals surface area (Å²) in [6.45, 7) is -0.501. The fourth-order valence-electron chi connectivity index (χ4n) is 2.39. The molecule has 0 aliphatic heterocycles. The van der Waals surface area contributed by atoms with Gasteiger partial charge in [-0.2, -0.15) is 0 Å². The van der Waals surface area contributed by atoms with Crippen LogP contribution in [0.2, 0.25) is 0 Å². The molecule has 1 heterocycles. The second kappa shape index (κ2) is 8.91. The van der Waals surface area contributed by atoms with Crippen LogP contribution in [0.25, 0.3) is 10.2 Å². The number of anilines is 1. The molecule has 152 valence electrons. The largest absolute Gasteiger partial charge is 0.573 e. The Morgan fingerprint density at radius 2 is 1.79 bits per heavy atom. The highest BCUT2D eigenvalue weighted by molar-refractivity contribution is 7.18. The highest BCUT2D eigenvalue weighted by Crippen LogP contribution is 2.24. The van der Waals surface area contributed by atoms with Crippen LogP contribution in [0.4, 0.5) is 18.9 Å². The van der Waals surface area contributed by atoms with E-state index in [1.807, 2.05) is 24.3 Å². The monoisotopic (exact) mass is 424 g/mol. The maximum absolute atomic E-state index is 12.1. The summed E-state index contributed by atoms with van der Waals surface area (Å²) in [4.78, 5) is 28.0. The number of carbonyl (C=O) groups excluding carboxylic acids is 2. The van der Waals surface area contributed by atoms with Crippen molar-refractivity contribution in [3.63, 3.8) is 0 Å². The Morgan fingerprint density at radius 3 is 2.48 bits per heavy atom. The molecule has 10 heteroatoms. The van der Waals surface area contributed by atoms with Crippen molar-refractivity contribution >= 4 is 39.1 Å². The molecular weight excluding hydrogens is 409 g/mol. The van der Waals surface area contributed by atoms with Gasteiger partial charge in [-0.05, 0) is 36.4 Å². The number of hydrogen-bond donors (Lipinski definition) is 1. The lowest BCUT2D eigenvalue weighted by atomic mass is 10.3. The molecule has 0 saturated heterocycles. The molecule has 29 heavy (non-hydrogen) atoms. The van der Waals surface area contributed by atoms with E-state index in [0.29, 0.717) is 6.42 Å². The number of rotatable bonds is 7. The summed E-state index contributed by atoms with van der Waals surface area (Å²) in [5, 5.41) is 3.22. The van der Waals surface area contributed by atoms with E-state index in [1.165, 1.54) is 23.5 Å². The summed E-state index contributed by atoms with van der Waals surface area (Å²) in [6, 6.07) is 12.2. The Morgan fingerprint density at radius 1 is 1.07 bits per heavy atom. The van der Waals surface area contributed by atoms with Crippen LogP contribution in [0, 0.1) is 0 Å². The average Bonchev–Trinajstić information content (AvgIpc) is 3.08. The van der Waals surface area contributed by atoms with Crippen LogP contribution in [-0.4, -0.2) is 29.8 Å². The van der Waals surface area contributed by atoms with E-state index in [0.717, 1.165) is 27.4 Å². The number of esters is 1. The number of halogens is 3. The van der Waals surface area contributed by atoms with E-state index in [4.69, 9.17) is 4.74 Å². The first kappa shape index (κ1) is 20.6. The Kier molecular flexibility index (Phi) is 6.32. The quantitative estimate of drug-likeness (QED) is 0.572. The number of aryl methyl sites for hydroxylation is 1. The molecule has 0 bridgehead atoms. The normalized spacial score (nSPS) is 11.3. The van der Waals surface area contributed by atoms with E-state index in [-0.39, 0.29) is 12.1 Å². The summed E-state index contributed by atoms with van der Waals surface area (Å²) in [7, 11) is 0. The molecule has 0 saturated carbocycles. The number of para-hydroxylation sites is 1. The zero-order valence-electron chi connectivity index (χ0n) is 14.9. The molecule has 2 aromatic carbocycles. The molecule has 0 unspecified atom stereocenters. The van der Waals surface area contributed by atoms with Gasteiger partial charge >= 0.3 is 12.3 Å². The first-order valence-electron chi connectivity index (χ1n) is 8.44. The minimum Gasteiger partial charge on any atom is -0.456 e. The van der Waals surface area contributed by atoms with Crippen LogP contribution in [0.1, 0.15) is 11.4 Å². The van der Waals surface area contributed by atoms with Crippen molar-refractivity contribution < 1.29 is 32.2 Å². The van der Waals surface area contributed by atoms with Gasteiger partial charge in [0.05, 0.1) is 21.6 Å². The van der Waals surface area contributed by atoms with Crippen molar-refractivity contribution in [2.24, 2.45) is 0 Å². The number of nitrogens with zero attached hydrogens (tertiary/aromatic N) is 1. The van der Waals surface area contributed by atoms with E-state index < -0.39 is 30.6 Å². The van der Waals surface area contributed by atoms with Gasteiger partial charge in [-0.3, -0.25) is 9.59 Å². The molecule has 1 aromatic heterocycles. The first-order valence-corrected chi connectivity index (χ1v) is 9.26. The summed E-state index contributed by atoms with van der Waals surface area (Å²) >= 11 is 1.49. The van der Waals surface area contributed by atoms with Gasteiger partial charge in [0.2, 0.25) is 0 Å². The zero-order chi connectivity index (χ0) is 20.9. The van der Waals surface area contributed by atoms with Gasteiger partial charge < -0.3 is 14.8 Å². The van der Waals surface area contributed by atoms with Crippen LogP contribution in [0.5, 0.6) is 5.75 Å². The summed E-state index contributed by atoms with van der Waals surface area (Å²) < 4.78 is 46.0. The molecule has 0 aliphatic carbocycles. The van der Waals surface area contributed by atoms with Gasteiger partial charge in [0, 0.05) is 12.1 Å². The first-order chi connectivity index (χ1) is 13.8. The lowest BCUT2D eigenvalue weighted by Gasteiger charge is -2.10. The molecule has 0 radical (unpaired) electrons. The zero-order valence-corrected chi connectivity index (χ0v) is 15.7. The third-order valence-corrected chi connectivity index (χ3v) is 4.71. The Balaban J connectivity index is 1.41. The number of nitrogens with one attached hydrogen (secondary N) is 1. The maximum atomic E-state index is 12.1. The van der Waals surface area contributed by atoms with Gasteiger partial charge in [-0.25, -0.2) is 4.98 Å². The molecule has 0 spiro atoms. The number of hydrogen-bond acceptors (Lipinski definition) is 6. The minimum absolute atomic E-state index is 0.0799. The number of carbonyl (C=O) groups is 2. The Bertz CT molecular complexity index is 970. The third kappa shape index (κ3) is 6.46. The average molecular weight is 424 g/mol. The number of benzene rings is 2.